The van der Waals surface area contributed by atoms with Crippen molar-refractivity contribution < 1.29 is 24.2 Å². The Hall–Kier alpha value is -2.77. The lowest BCUT2D eigenvalue weighted by Gasteiger charge is -2.34. The topological polar surface area (TPSA) is 108 Å². The maximum atomic E-state index is 13.2. The van der Waals surface area contributed by atoms with Crippen LogP contribution in [0.3, 0.4) is 0 Å². The van der Waals surface area contributed by atoms with Gasteiger partial charge in [-0.05, 0) is 54.0 Å². The van der Waals surface area contributed by atoms with Crippen LogP contribution in [0.15, 0.2) is 24.3 Å². The maximum Gasteiger partial charge on any atom is 0.408 e. The minimum absolute atomic E-state index is 0.0805. The summed E-state index contributed by atoms with van der Waals surface area (Å²) in [5, 5.41) is 15.7. The number of amides is 3. The van der Waals surface area contributed by atoms with Gasteiger partial charge in [-0.25, -0.2) is 4.79 Å². The van der Waals surface area contributed by atoms with Crippen LogP contribution >= 0.6 is 0 Å². The van der Waals surface area contributed by atoms with Gasteiger partial charge >= 0.3 is 6.09 Å². The third-order valence-corrected chi connectivity index (χ3v) is 4.07. The van der Waals surface area contributed by atoms with Crippen LogP contribution in [0.1, 0.15) is 66.5 Å². The summed E-state index contributed by atoms with van der Waals surface area (Å²) < 4.78 is 5.22. The largest absolute Gasteiger partial charge is 0.508 e. The first-order valence-electron chi connectivity index (χ1n) is 10.3. The molecule has 8 heteroatoms. The van der Waals surface area contributed by atoms with Gasteiger partial charge in [0.05, 0.1) is 0 Å². The van der Waals surface area contributed by atoms with E-state index in [0.29, 0.717) is 12.0 Å². The second kappa shape index (κ2) is 10.8. The third kappa shape index (κ3) is 7.57. The number of carbonyl (C=O) groups is 3. The van der Waals surface area contributed by atoms with Crippen LogP contribution in [0.2, 0.25) is 0 Å². The number of alkyl carbamates (subject to hydrolysis) is 1. The molecule has 8 nitrogen and oxygen atoms in total. The molecule has 0 saturated carbocycles. The van der Waals surface area contributed by atoms with Gasteiger partial charge in [0.1, 0.15) is 23.4 Å². The summed E-state index contributed by atoms with van der Waals surface area (Å²) in [5.41, 5.74) is -0.382. The van der Waals surface area contributed by atoms with E-state index in [1.165, 1.54) is 17.9 Å². The predicted octanol–water partition coefficient (Wildman–Crippen LogP) is 3.11. The van der Waals surface area contributed by atoms with Crippen LogP contribution in [-0.2, 0) is 14.3 Å². The molecule has 3 amide bonds. The average molecular weight is 422 g/mol. The monoisotopic (exact) mass is 421 g/mol. The number of rotatable bonds is 8. The smallest absolute Gasteiger partial charge is 0.408 e. The van der Waals surface area contributed by atoms with Gasteiger partial charge in [-0.2, -0.15) is 0 Å². The van der Waals surface area contributed by atoms with Crippen molar-refractivity contribution in [2.24, 2.45) is 0 Å². The minimum Gasteiger partial charge on any atom is -0.508 e. The number of hydrogen-bond acceptors (Lipinski definition) is 5. The first-order chi connectivity index (χ1) is 13.9. The van der Waals surface area contributed by atoms with E-state index in [2.05, 4.69) is 10.6 Å². The molecule has 0 bridgehead atoms. The zero-order valence-electron chi connectivity index (χ0n) is 19.0. The molecule has 0 fully saturated rings. The van der Waals surface area contributed by atoms with E-state index in [1.54, 1.807) is 39.0 Å². The number of phenols is 1. The molecule has 1 rings (SSSR count). The first kappa shape index (κ1) is 25.3. The summed E-state index contributed by atoms with van der Waals surface area (Å²) in [6, 6.07) is 4.32. The molecule has 1 aromatic rings. The maximum absolute atomic E-state index is 13.2. The SMILES string of the molecule is CCCN(C(=O)C(C)NC(=O)OC(C)(C)C)C(C(=O)NC(C)C)c1ccccc1O. The van der Waals surface area contributed by atoms with Gasteiger partial charge in [-0.3, -0.25) is 9.59 Å². The fraction of sp³-hybridized carbons (Fsp3) is 0.591. The van der Waals surface area contributed by atoms with Gasteiger partial charge in [0, 0.05) is 18.2 Å². The fourth-order valence-electron chi connectivity index (χ4n) is 2.94. The lowest BCUT2D eigenvalue weighted by atomic mass is 10.0. The Morgan fingerprint density at radius 1 is 1.10 bits per heavy atom. The van der Waals surface area contributed by atoms with Crippen LogP contribution < -0.4 is 10.6 Å². The van der Waals surface area contributed by atoms with Gasteiger partial charge in [0.25, 0.3) is 0 Å². The standard InChI is InChI=1S/C22H35N3O5/c1-8-13-25(20(28)15(4)24-21(29)30-22(5,6)7)18(19(27)23-14(2)3)16-11-9-10-12-17(16)26/h9-12,14-15,18,26H,8,13H2,1-7H3,(H,23,27)(H,24,29). The molecule has 0 aliphatic carbocycles. The van der Waals surface area contributed by atoms with E-state index in [9.17, 15) is 19.5 Å². The van der Waals surface area contributed by atoms with Crippen LogP contribution in [0.4, 0.5) is 4.79 Å². The number of para-hydroxylation sites is 1. The summed E-state index contributed by atoms with van der Waals surface area (Å²) in [6.45, 7) is 12.5. The van der Waals surface area contributed by atoms with E-state index in [4.69, 9.17) is 4.74 Å². The van der Waals surface area contributed by atoms with Gasteiger partial charge in [-0.1, -0.05) is 25.1 Å². The Morgan fingerprint density at radius 3 is 2.20 bits per heavy atom. The molecule has 2 atom stereocenters. The van der Waals surface area contributed by atoms with Crippen molar-refractivity contribution in [1.82, 2.24) is 15.5 Å². The number of carbonyl (C=O) groups excluding carboxylic acids is 3. The number of ether oxygens (including phenoxy) is 1. The summed E-state index contributed by atoms with van der Waals surface area (Å²) in [6.07, 6.45) is -0.130. The van der Waals surface area contributed by atoms with Crippen LogP contribution in [0.5, 0.6) is 5.75 Å². The Bertz CT molecular complexity index is 743. The molecule has 0 aliphatic rings. The van der Waals surface area contributed by atoms with E-state index in [1.807, 2.05) is 20.8 Å². The summed E-state index contributed by atoms with van der Waals surface area (Å²) in [4.78, 5) is 39.8. The highest BCUT2D eigenvalue weighted by molar-refractivity contribution is 5.92. The zero-order chi connectivity index (χ0) is 23.1. The molecule has 0 radical (unpaired) electrons. The highest BCUT2D eigenvalue weighted by Crippen LogP contribution is 2.30. The molecule has 3 N–H and O–H groups in total. The highest BCUT2D eigenvalue weighted by Gasteiger charge is 2.35. The second-order valence-electron chi connectivity index (χ2n) is 8.52. The summed E-state index contributed by atoms with van der Waals surface area (Å²) >= 11 is 0. The molecule has 0 saturated heterocycles. The lowest BCUT2D eigenvalue weighted by molar-refractivity contribution is -0.142. The summed E-state index contributed by atoms with van der Waals surface area (Å²) in [5.74, 6) is -0.935. The molecule has 0 aliphatic heterocycles. The van der Waals surface area contributed by atoms with Crippen molar-refractivity contribution in [3.8, 4) is 5.75 Å². The molecule has 0 aromatic heterocycles. The fourth-order valence-corrected chi connectivity index (χ4v) is 2.94. The molecule has 0 spiro atoms. The molecule has 2 unspecified atom stereocenters. The van der Waals surface area contributed by atoms with E-state index >= 15 is 0 Å². The van der Waals surface area contributed by atoms with E-state index in [-0.39, 0.29) is 18.3 Å². The Kier molecular flexibility index (Phi) is 9.14. The van der Waals surface area contributed by atoms with Crippen LogP contribution in [-0.4, -0.2) is 52.1 Å². The number of nitrogens with zero attached hydrogens (tertiary/aromatic N) is 1. The quantitative estimate of drug-likeness (QED) is 0.598. The predicted molar refractivity (Wildman–Crippen MR) is 115 cm³/mol. The third-order valence-electron chi connectivity index (χ3n) is 4.07. The summed E-state index contributed by atoms with van der Waals surface area (Å²) in [7, 11) is 0. The lowest BCUT2D eigenvalue weighted by Crippen LogP contribution is -2.52. The highest BCUT2D eigenvalue weighted by atomic mass is 16.6. The van der Waals surface area contributed by atoms with Crippen molar-refractivity contribution in [3.63, 3.8) is 0 Å². The first-order valence-corrected chi connectivity index (χ1v) is 10.3. The molecule has 30 heavy (non-hydrogen) atoms. The minimum atomic E-state index is -1.04. The number of phenolic OH excluding ortho intramolecular Hbond substituents is 1. The Balaban J connectivity index is 3.24. The van der Waals surface area contributed by atoms with E-state index < -0.39 is 35.6 Å². The van der Waals surface area contributed by atoms with Gasteiger partial charge in [0.15, 0.2) is 0 Å². The zero-order valence-corrected chi connectivity index (χ0v) is 19.0. The van der Waals surface area contributed by atoms with Gasteiger partial charge in [-0.15, -0.1) is 0 Å². The number of hydrogen-bond donors (Lipinski definition) is 3. The van der Waals surface area contributed by atoms with E-state index in [0.717, 1.165) is 0 Å². The molecule has 0 heterocycles. The molecular formula is C22H35N3O5. The Labute approximate surface area is 179 Å². The number of nitrogens with one attached hydrogen (secondary N) is 2. The Morgan fingerprint density at radius 2 is 1.70 bits per heavy atom. The normalized spacial score (nSPS) is 13.3. The molecule has 168 valence electrons. The number of benzene rings is 1. The molecular weight excluding hydrogens is 386 g/mol. The van der Waals surface area contributed by atoms with Crippen molar-refractivity contribution >= 4 is 17.9 Å². The van der Waals surface area contributed by atoms with Crippen LogP contribution in [0.25, 0.3) is 0 Å². The average Bonchev–Trinajstić information content (AvgIpc) is 2.59. The van der Waals surface area contributed by atoms with Crippen molar-refractivity contribution in [1.29, 1.82) is 0 Å². The molecule has 1 aromatic carbocycles. The van der Waals surface area contributed by atoms with Crippen LogP contribution in [0, 0.1) is 0 Å². The number of aromatic hydroxyl groups is 1. The van der Waals surface area contributed by atoms with Crippen molar-refractivity contribution in [3.05, 3.63) is 29.8 Å². The second-order valence-corrected chi connectivity index (χ2v) is 8.52. The van der Waals surface area contributed by atoms with Gasteiger partial charge < -0.3 is 25.4 Å². The van der Waals surface area contributed by atoms with Crippen molar-refractivity contribution in [2.45, 2.75) is 78.6 Å². The van der Waals surface area contributed by atoms with Crippen molar-refractivity contribution in [2.75, 3.05) is 6.54 Å². The van der Waals surface area contributed by atoms with Gasteiger partial charge in [0.2, 0.25) is 11.8 Å².